The van der Waals surface area contributed by atoms with Crippen molar-refractivity contribution in [2.24, 2.45) is 0 Å². The summed E-state index contributed by atoms with van der Waals surface area (Å²) in [6.07, 6.45) is -1.03. The highest BCUT2D eigenvalue weighted by Gasteiger charge is 2.20. The van der Waals surface area contributed by atoms with Crippen LogP contribution in [0.5, 0.6) is 11.5 Å². The van der Waals surface area contributed by atoms with Gasteiger partial charge in [-0.2, -0.15) is 0 Å². The van der Waals surface area contributed by atoms with Crippen LogP contribution in [0.25, 0.3) is 0 Å². The van der Waals surface area contributed by atoms with Crippen LogP contribution in [0.2, 0.25) is 0 Å². The third-order valence-corrected chi connectivity index (χ3v) is 4.57. The number of ether oxygens (including phenoxy) is 2. The van der Waals surface area contributed by atoms with E-state index in [0.717, 1.165) is 6.07 Å². The number of hydrogen-bond donors (Lipinski definition) is 2. The largest absolute Gasteiger partial charge is 0.494 e. The molecule has 0 saturated carbocycles. The van der Waals surface area contributed by atoms with Gasteiger partial charge >= 0.3 is 0 Å². The molecule has 10 heteroatoms. The number of nitrogens with one attached hydrogen (secondary N) is 2. The van der Waals surface area contributed by atoms with E-state index >= 15 is 0 Å². The minimum Gasteiger partial charge on any atom is -0.494 e. The lowest BCUT2D eigenvalue weighted by molar-refractivity contribution is -0.127. The maximum Gasteiger partial charge on any atom is 0.275 e. The number of carbonyl (C=O) groups is 1. The van der Waals surface area contributed by atoms with Gasteiger partial charge in [0.1, 0.15) is 11.5 Å². The first kappa shape index (κ1) is 20.6. The van der Waals surface area contributed by atoms with Gasteiger partial charge in [-0.1, -0.05) is 0 Å². The predicted octanol–water partition coefficient (Wildman–Crippen LogP) is 2.14. The number of sulfonamides is 1. The van der Waals surface area contributed by atoms with Crippen LogP contribution in [0.1, 0.15) is 13.8 Å². The number of rotatable bonds is 8. The second-order valence-corrected chi connectivity index (χ2v) is 7.02. The van der Waals surface area contributed by atoms with Gasteiger partial charge in [-0.15, -0.1) is 4.83 Å². The Bertz CT molecular complexity index is 904. The van der Waals surface area contributed by atoms with Crippen molar-refractivity contribution in [2.45, 2.75) is 24.8 Å². The quantitative estimate of drug-likeness (QED) is 0.663. The Hall–Kier alpha value is -2.72. The summed E-state index contributed by atoms with van der Waals surface area (Å²) >= 11 is 0. The van der Waals surface area contributed by atoms with E-state index in [9.17, 15) is 22.0 Å². The van der Waals surface area contributed by atoms with Gasteiger partial charge in [0, 0.05) is 0 Å². The van der Waals surface area contributed by atoms with Gasteiger partial charge in [0.05, 0.1) is 11.5 Å². The maximum absolute atomic E-state index is 13.2. The fraction of sp³-hybridized carbons (Fsp3) is 0.235. The standard InChI is InChI=1S/C17H18F2N2O5S/c1-3-25-12-4-6-13(7-5-12)26-11(2)17(22)20-21-27(23,24)14-8-9-15(18)16(19)10-14/h4-11,21H,3H2,1-2H3,(H,20,22). The van der Waals surface area contributed by atoms with Gasteiger partial charge in [0.15, 0.2) is 17.7 Å². The molecular weight excluding hydrogens is 382 g/mol. The van der Waals surface area contributed by atoms with Crippen LogP contribution >= 0.6 is 0 Å². The molecular formula is C17H18F2N2O5S. The average molecular weight is 400 g/mol. The van der Waals surface area contributed by atoms with Crippen molar-refractivity contribution in [1.82, 2.24) is 10.3 Å². The zero-order valence-corrected chi connectivity index (χ0v) is 15.3. The second kappa shape index (κ2) is 8.78. The minimum absolute atomic E-state index is 0.379. The molecule has 1 atom stereocenters. The van der Waals surface area contributed by atoms with E-state index in [0.29, 0.717) is 30.2 Å². The van der Waals surface area contributed by atoms with Crippen molar-refractivity contribution in [3.05, 3.63) is 54.1 Å². The van der Waals surface area contributed by atoms with Crippen LogP contribution in [-0.2, 0) is 14.8 Å². The second-order valence-electron chi connectivity index (χ2n) is 5.34. The van der Waals surface area contributed by atoms with Crippen molar-refractivity contribution < 1.29 is 31.5 Å². The third kappa shape index (κ3) is 5.63. The SMILES string of the molecule is CCOc1ccc(OC(C)C(=O)NNS(=O)(=O)c2ccc(F)c(F)c2)cc1. The Morgan fingerprint density at radius 2 is 1.70 bits per heavy atom. The van der Waals surface area contributed by atoms with Gasteiger partial charge in [0.2, 0.25) is 0 Å². The molecule has 0 aliphatic heterocycles. The normalized spacial score (nSPS) is 12.3. The van der Waals surface area contributed by atoms with Crippen molar-refractivity contribution in [3.63, 3.8) is 0 Å². The maximum atomic E-state index is 13.2. The highest BCUT2D eigenvalue weighted by atomic mass is 32.2. The summed E-state index contributed by atoms with van der Waals surface area (Å²) in [5.41, 5.74) is 1.96. The molecule has 27 heavy (non-hydrogen) atoms. The first-order valence-corrected chi connectivity index (χ1v) is 9.37. The Morgan fingerprint density at radius 1 is 1.07 bits per heavy atom. The van der Waals surface area contributed by atoms with Crippen LogP contribution in [0, 0.1) is 11.6 Å². The first-order valence-electron chi connectivity index (χ1n) is 7.89. The van der Waals surface area contributed by atoms with Crippen LogP contribution < -0.4 is 19.7 Å². The highest BCUT2D eigenvalue weighted by Crippen LogP contribution is 2.18. The van der Waals surface area contributed by atoms with Gasteiger partial charge in [0.25, 0.3) is 15.9 Å². The van der Waals surface area contributed by atoms with Crippen LogP contribution in [0.4, 0.5) is 8.78 Å². The summed E-state index contributed by atoms with van der Waals surface area (Å²) in [6, 6.07) is 8.56. The topological polar surface area (TPSA) is 93.7 Å². The molecule has 0 radical (unpaired) electrons. The number of carbonyl (C=O) groups excluding carboxylic acids is 1. The summed E-state index contributed by atoms with van der Waals surface area (Å²) in [5, 5.41) is 0. The van der Waals surface area contributed by atoms with Crippen molar-refractivity contribution in [2.75, 3.05) is 6.61 Å². The van der Waals surface area contributed by atoms with E-state index < -0.39 is 38.6 Å². The number of amides is 1. The van der Waals surface area contributed by atoms with Crippen LogP contribution in [0.3, 0.4) is 0 Å². The molecule has 1 unspecified atom stereocenters. The Labute approximate surface area is 155 Å². The average Bonchev–Trinajstić information content (AvgIpc) is 2.63. The summed E-state index contributed by atoms with van der Waals surface area (Å²) in [5.74, 6) is -2.27. The first-order chi connectivity index (χ1) is 12.7. The van der Waals surface area contributed by atoms with E-state index in [1.807, 2.05) is 12.3 Å². The summed E-state index contributed by atoms with van der Waals surface area (Å²) in [7, 11) is -4.27. The summed E-state index contributed by atoms with van der Waals surface area (Å²) in [4.78, 5) is 13.3. The Morgan fingerprint density at radius 3 is 2.30 bits per heavy atom. The minimum atomic E-state index is -4.27. The molecule has 2 N–H and O–H groups in total. The zero-order valence-electron chi connectivity index (χ0n) is 14.5. The van der Waals surface area contributed by atoms with E-state index in [1.165, 1.54) is 6.92 Å². The molecule has 2 aromatic carbocycles. The van der Waals surface area contributed by atoms with E-state index in [-0.39, 0.29) is 0 Å². The van der Waals surface area contributed by atoms with Crippen LogP contribution in [0.15, 0.2) is 47.4 Å². The molecule has 0 aliphatic rings. The van der Waals surface area contributed by atoms with Gasteiger partial charge < -0.3 is 9.47 Å². The van der Waals surface area contributed by atoms with Crippen LogP contribution in [-0.4, -0.2) is 27.0 Å². The number of hydrogen-bond acceptors (Lipinski definition) is 5. The molecule has 146 valence electrons. The zero-order chi connectivity index (χ0) is 20.0. The molecule has 1 amide bonds. The molecule has 0 aliphatic carbocycles. The lowest BCUT2D eigenvalue weighted by Gasteiger charge is -2.15. The fourth-order valence-electron chi connectivity index (χ4n) is 1.96. The van der Waals surface area contributed by atoms with Crippen molar-refractivity contribution in [1.29, 1.82) is 0 Å². The number of halogens is 2. The molecule has 0 spiro atoms. The van der Waals surface area contributed by atoms with Gasteiger partial charge in [-0.05, 0) is 56.3 Å². The molecule has 0 bridgehead atoms. The Balaban J connectivity index is 1.94. The molecule has 0 fully saturated rings. The van der Waals surface area contributed by atoms with E-state index in [2.05, 4.69) is 0 Å². The fourth-order valence-corrected chi connectivity index (χ4v) is 2.82. The molecule has 2 aromatic rings. The van der Waals surface area contributed by atoms with Crippen molar-refractivity contribution in [3.8, 4) is 11.5 Å². The number of benzene rings is 2. The highest BCUT2D eigenvalue weighted by molar-refractivity contribution is 7.89. The Kier molecular flexibility index (Phi) is 6.70. The summed E-state index contributed by atoms with van der Waals surface area (Å²) < 4.78 is 60.8. The van der Waals surface area contributed by atoms with Crippen molar-refractivity contribution >= 4 is 15.9 Å². The molecule has 2 rings (SSSR count). The van der Waals surface area contributed by atoms with Gasteiger partial charge in [-0.25, -0.2) is 17.2 Å². The molecule has 0 aromatic heterocycles. The lowest BCUT2D eigenvalue weighted by Crippen LogP contribution is -2.47. The smallest absolute Gasteiger partial charge is 0.275 e. The van der Waals surface area contributed by atoms with E-state index in [1.54, 1.807) is 29.1 Å². The lowest BCUT2D eigenvalue weighted by atomic mass is 10.3. The third-order valence-electron chi connectivity index (χ3n) is 3.33. The molecule has 0 heterocycles. The molecule has 0 saturated heterocycles. The monoisotopic (exact) mass is 400 g/mol. The van der Waals surface area contributed by atoms with Gasteiger partial charge in [-0.3, -0.25) is 10.2 Å². The summed E-state index contributed by atoms with van der Waals surface area (Å²) in [6.45, 7) is 3.77. The van der Waals surface area contributed by atoms with E-state index in [4.69, 9.17) is 9.47 Å². The molecule has 7 nitrogen and oxygen atoms in total. The number of hydrazine groups is 1. The predicted molar refractivity (Wildman–Crippen MR) is 92.5 cm³/mol.